The molecule has 0 saturated heterocycles. The van der Waals surface area contributed by atoms with Crippen LogP contribution in [0.3, 0.4) is 0 Å². The highest BCUT2D eigenvalue weighted by atomic mass is 32.1. The van der Waals surface area contributed by atoms with Crippen molar-refractivity contribution in [1.29, 1.82) is 0 Å². The smallest absolute Gasteiger partial charge is 0.315 e. The number of nitrogens with one attached hydrogen (secondary N) is 2. The minimum atomic E-state index is -0.890. The van der Waals surface area contributed by atoms with Crippen molar-refractivity contribution in [2.75, 3.05) is 6.54 Å². The average Bonchev–Trinajstić information content (AvgIpc) is 2.71. The Morgan fingerprint density at radius 1 is 1.45 bits per heavy atom. The van der Waals surface area contributed by atoms with E-state index in [1.165, 1.54) is 0 Å². The summed E-state index contributed by atoms with van der Waals surface area (Å²) in [6.45, 7) is 10.3. The van der Waals surface area contributed by atoms with Gasteiger partial charge in [-0.1, -0.05) is 20.3 Å². The molecule has 5 nitrogen and oxygen atoms in total. The number of aromatic nitrogens is 1. The summed E-state index contributed by atoms with van der Waals surface area (Å²) in [6.07, 6.45) is 0.869. The molecule has 0 fully saturated rings. The van der Waals surface area contributed by atoms with Crippen LogP contribution in [-0.4, -0.2) is 28.3 Å². The first kappa shape index (κ1) is 16.9. The molecular formula is C14H25N3O2S. The zero-order valence-electron chi connectivity index (χ0n) is 12.9. The standard InChI is InChI=1S/C14H25N3O2S/c1-6-9(2)14(5,19)8-16-13(18)15-7-12-10(3)20-11(4)17-12/h9,19H,6-8H2,1-5H3,(H2,15,16,18). The van der Waals surface area contributed by atoms with E-state index in [9.17, 15) is 9.90 Å². The van der Waals surface area contributed by atoms with Gasteiger partial charge < -0.3 is 15.7 Å². The van der Waals surface area contributed by atoms with Crippen LogP contribution in [0.4, 0.5) is 4.79 Å². The summed E-state index contributed by atoms with van der Waals surface area (Å²) in [4.78, 5) is 17.2. The summed E-state index contributed by atoms with van der Waals surface area (Å²) in [7, 11) is 0. The van der Waals surface area contributed by atoms with Crippen molar-refractivity contribution < 1.29 is 9.90 Å². The second-order valence-corrected chi connectivity index (χ2v) is 6.85. The van der Waals surface area contributed by atoms with Crippen molar-refractivity contribution in [3.63, 3.8) is 0 Å². The molecule has 0 aliphatic rings. The first-order chi connectivity index (χ1) is 9.26. The molecule has 2 unspecified atom stereocenters. The lowest BCUT2D eigenvalue weighted by atomic mass is 9.89. The summed E-state index contributed by atoms with van der Waals surface area (Å²) < 4.78 is 0. The van der Waals surface area contributed by atoms with E-state index >= 15 is 0 Å². The lowest BCUT2D eigenvalue weighted by Crippen LogP contribution is -2.47. The number of amides is 2. The summed E-state index contributed by atoms with van der Waals surface area (Å²) >= 11 is 1.62. The molecule has 0 bridgehead atoms. The first-order valence-electron chi connectivity index (χ1n) is 6.93. The summed E-state index contributed by atoms with van der Waals surface area (Å²) in [5.41, 5.74) is 0.00973. The second-order valence-electron chi connectivity index (χ2n) is 5.44. The highest BCUT2D eigenvalue weighted by Gasteiger charge is 2.27. The SMILES string of the molecule is CCC(C)C(C)(O)CNC(=O)NCc1nc(C)sc1C. The van der Waals surface area contributed by atoms with Crippen LogP contribution < -0.4 is 10.6 Å². The molecular weight excluding hydrogens is 274 g/mol. The van der Waals surface area contributed by atoms with Gasteiger partial charge in [0.15, 0.2) is 0 Å². The Hall–Kier alpha value is -1.14. The Kier molecular flexibility index (Phi) is 5.95. The van der Waals surface area contributed by atoms with Crippen LogP contribution in [-0.2, 0) is 6.54 Å². The minimum Gasteiger partial charge on any atom is -0.388 e. The number of hydrogen-bond acceptors (Lipinski definition) is 4. The molecule has 0 aliphatic heterocycles. The lowest BCUT2D eigenvalue weighted by Gasteiger charge is -2.29. The molecule has 1 heterocycles. The van der Waals surface area contributed by atoms with Crippen LogP contribution in [0.15, 0.2) is 0 Å². The Morgan fingerprint density at radius 2 is 2.10 bits per heavy atom. The van der Waals surface area contributed by atoms with E-state index < -0.39 is 5.60 Å². The van der Waals surface area contributed by atoms with Gasteiger partial charge >= 0.3 is 6.03 Å². The highest BCUT2D eigenvalue weighted by molar-refractivity contribution is 7.11. The number of nitrogens with zero attached hydrogens (tertiary/aromatic N) is 1. The lowest BCUT2D eigenvalue weighted by molar-refractivity contribution is 0.00790. The van der Waals surface area contributed by atoms with E-state index in [-0.39, 0.29) is 18.5 Å². The number of thiazole rings is 1. The maximum atomic E-state index is 11.7. The van der Waals surface area contributed by atoms with E-state index in [1.54, 1.807) is 18.3 Å². The maximum Gasteiger partial charge on any atom is 0.315 e. The molecule has 1 rings (SSSR count). The summed E-state index contributed by atoms with van der Waals surface area (Å²) in [6, 6.07) is -0.279. The molecule has 6 heteroatoms. The predicted octanol–water partition coefficient (Wildman–Crippen LogP) is 2.36. The first-order valence-corrected chi connectivity index (χ1v) is 7.75. The fraction of sp³-hybridized carbons (Fsp3) is 0.714. The fourth-order valence-electron chi connectivity index (χ4n) is 1.84. The number of carbonyl (C=O) groups is 1. The second kappa shape index (κ2) is 7.04. The van der Waals surface area contributed by atoms with Crippen LogP contribution in [0.25, 0.3) is 0 Å². The van der Waals surface area contributed by atoms with Crippen molar-refractivity contribution in [1.82, 2.24) is 15.6 Å². The van der Waals surface area contributed by atoms with Crippen molar-refractivity contribution >= 4 is 17.4 Å². The number of urea groups is 1. The monoisotopic (exact) mass is 299 g/mol. The van der Waals surface area contributed by atoms with Crippen LogP contribution >= 0.6 is 11.3 Å². The highest BCUT2D eigenvalue weighted by Crippen LogP contribution is 2.19. The largest absolute Gasteiger partial charge is 0.388 e. The zero-order valence-corrected chi connectivity index (χ0v) is 13.7. The van der Waals surface area contributed by atoms with Gasteiger partial charge in [0, 0.05) is 11.4 Å². The van der Waals surface area contributed by atoms with Gasteiger partial charge in [-0.2, -0.15) is 0 Å². The quantitative estimate of drug-likeness (QED) is 0.755. The van der Waals surface area contributed by atoms with Gasteiger partial charge in [0.1, 0.15) is 0 Å². The Bertz CT molecular complexity index is 457. The Morgan fingerprint density at radius 3 is 2.60 bits per heavy atom. The average molecular weight is 299 g/mol. The zero-order chi connectivity index (χ0) is 15.3. The number of hydrogen-bond donors (Lipinski definition) is 3. The van der Waals surface area contributed by atoms with Crippen LogP contribution in [0.2, 0.25) is 0 Å². The number of carbonyl (C=O) groups excluding carboxylic acids is 1. The van der Waals surface area contributed by atoms with Crippen LogP contribution in [0.5, 0.6) is 0 Å². The molecule has 20 heavy (non-hydrogen) atoms. The van der Waals surface area contributed by atoms with Crippen molar-refractivity contribution in [2.45, 2.75) is 53.2 Å². The van der Waals surface area contributed by atoms with E-state index in [1.807, 2.05) is 27.7 Å². The van der Waals surface area contributed by atoms with E-state index in [0.29, 0.717) is 6.54 Å². The van der Waals surface area contributed by atoms with Gasteiger partial charge in [-0.05, 0) is 26.7 Å². The normalized spacial score (nSPS) is 15.5. The molecule has 2 amide bonds. The van der Waals surface area contributed by atoms with Crippen molar-refractivity contribution in [3.05, 3.63) is 15.6 Å². The molecule has 2 atom stereocenters. The van der Waals surface area contributed by atoms with Gasteiger partial charge in [-0.25, -0.2) is 9.78 Å². The molecule has 0 saturated carbocycles. The van der Waals surface area contributed by atoms with Crippen molar-refractivity contribution in [3.8, 4) is 0 Å². The van der Waals surface area contributed by atoms with E-state index in [4.69, 9.17) is 0 Å². The molecule has 114 valence electrons. The molecule has 0 aliphatic carbocycles. The Balaban J connectivity index is 2.39. The van der Waals surface area contributed by atoms with Crippen LogP contribution in [0.1, 0.15) is 42.8 Å². The molecule has 0 spiro atoms. The third kappa shape index (κ3) is 4.76. The molecule has 1 aromatic rings. The number of aliphatic hydroxyl groups is 1. The molecule has 0 aromatic carbocycles. The van der Waals surface area contributed by atoms with Gasteiger partial charge in [0.25, 0.3) is 0 Å². The van der Waals surface area contributed by atoms with E-state index in [2.05, 4.69) is 15.6 Å². The molecule has 3 N–H and O–H groups in total. The molecule has 1 aromatic heterocycles. The van der Waals surface area contributed by atoms with Crippen LogP contribution in [0, 0.1) is 19.8 Å². The van der Waals surface area contributed by atoms with E-state index in [0.717, 1.165) is 22.0 Å². The number of aryl methyl sites for hydroxylation is 2. The fourth-order valence-corrected chi connectivity index (χ4v) is 2.67. The topological polar surface area (TPSA) is 74.2 Å². The summed E-state index contributed by atoms with van der Waals surface area (Å²) in [5, 5.41) is 16.7. The van der Waals surface area contributed by atoms with Gasteiger partial charge in [-0.3, -0.25) is 0 Å². The predicted molar refractivity (Wildman–Crippen MR) is 81.9 cm³/mol. The maximum absolute atomic E-state index is 11.7. The van der Waals surface area contributed by atoms with Gasteiger partial charge in [-0.15, -0.1) is 11.3 Å². The summed E-state index contributed by atoms with van der Waals surface area (Å²) in [5.74, 6) is 0.131. The third-order valence-corrected chi connectivity index (χ3v) is 4.63. The van der Waals surface area contributed by atoms with Crippen molar-refractivity contribution in [2.24, 2.45) is 5.92 Å². The van der Waals surface area contributed by atoms with Gasteiger partial charge in [0.2, 0.25) is 0 Å². The third-order valence-electron chi connectivity index (χ3n) is 3.70. The van der Waals surface area contributed by atoms with Gasteiger partial charge in [0.05, 0.1) is 22.8 Å². The number of rotatable bonds is 6. The Labute approximate surface area is 124 Å². The minimum absolute atomic E-state index is 0.131. The molecule has 0 radical (unpaired) electrons.